The Morgan fingerprint density at radius 1 is 1.12 bits per heavy atom. The van der Waals surface area contributed by atoms with Gasteiger partial charge in [0, 0.05) is 19.8 Å². The topological polar surface area (TPSA) is 45.4 Å². The van der Waals surface area contributed by atoms with Crippen LogP contribution in [0.1, 0.15) is 23.0 Å². The van der Waals surface area contributed by atoms with E-state index in [2.05, 4.69) is 4.74 Å². The van der Waals surface area contributed by atoms with Crippen molar-refractivity contribution in [3.63, 3.8) is 0 Å². The zero-order chi connectivity index (χ0) is 18.9. The lowest BCUT2D eigenvalue weighted by Crippen LogP contribution is -2.17. The van der Waals surface area contributed by atoms with Gasteiger partial charge in [-0.05, 0) is 36.8 Å². The molecule has 0 radical (unpaired) electrons. The largest absolute Gasteiger partial charge is 0.573 e. The van der Waals surface area contributed by atoms with Crippen molar-refractivity contribution in [1.29, 1.82) is 0 Å². The quantitative estimate of drug-likeness (QED) is 0.639. The second kappa shape index (κ2) is 6.78. The summed E-state index contributed by atoms with van der Waals surface area (Å²) < 4.78 is 49.4. The molecule has 2 aromatic heterocycles. The highest BCUT2D eigenvalue weighted by Crippen LogP contribution is 2.25. The molecule has 0 saturated carbocycles. The molecule has 3 aromatic rings. The first-order valence-corrected chi connectivity index (χ1v) is 7.95. The molecule has 0 aliphatic carbocycles. The van der Waals surface area contributed by atoms with Gasteiger partial charge in [-0.25, -0.2) is 4.79 Å². The van der Waals surface area contributed by atoms with Crippen molar-refractivity contribution in [2.45, 2.75) is 19.8 Å². The van der Waals surface area contributed by atoms with Crippen LogP contribution in [0.4, 0.5) is 13.2 Å². The first-order valence-electron chi connectivity index (χ1n) is 7.95. The SMILES string of the molecule is CCOC(=O)c1cc2c(ccn2C)n1Cc1ccc(OC(F)(F)F)cc1. The standard InChI is InChI=1S/C18H17F3N2O3/c1-3-25-17(24)16-10-15-14(8-9-22(15)2)23(16)11-12-4-6-13(7-5-12)26-18(19,20)21/h4-10H,3,11H2,1-2H3. The summed E-state index contributed by atoms with van der Waals surface area (Å²) in [6.45, 7) is 2.29. The molecule has 26 heavy (non-hydrogen) atoms. The van der Waals surface area contributed by atoms with E-state index in [1.807, 2.05) is 23.9 Å². The summed E-state index contributed by atoms with van der Waals surface area (Å²) in [7, 11) is 1.87. The van der Waals surface area contributed by atoms with Crippen LogP contribution in [0.3, 0.4) is 0 Å². The van der Waals surface area contributed by atoms with Crippen molar-refractivity contribution in [1.82, 2.24) is 9.13 Å². The lowest BCUT2D eigenvalue weighted by atomic mass is 10.2. The van der Waals surface area contributed by atoms with E-state index < -0.39 is 12.3 Å². The van der Waals surface area contributed by atoms with E-state index in [0.29, 0.717) is 12.2 Å². The van der Waals surface area contributed by atoms with Gasteiger partial charge in [-0.15, -0.1) is 13.2 Å². The smallest absolute Gasteiger partial charge is 0.461 e. The minimum atomic E-state index is -4.73. The monoisotopic (exact) mass is 366 g/mol. The third-order valence-electron chi connectivity index (χ3n) is 3.94. The molecule has 0 atom stereocenters. The van der Waals surface area contributed by atoms with Gasteiger partial charge in [-0.2, -0.15) is 0 Å². The molecule has 138 valence electrons. The molecule has 0 aliphatic rings. The molecule has 3 rings (SSSR count). The number of hydrogen-bond acceptors (Lipinski definition) is 3. The number of ether oxygens (including phenoxy) is 2. The van der Waals surface area contributed by atoms with Gasteiger partial charge in [0.15, 0.2) is 0 Å². The molecule has 0 N–H and O–H groups in total. The Morgan fingerprint density at radius 3 is 2.42 bits per heavy atom. The molecule has 0 amide bonds. The van der Waals surface area contributed by atoms with Crippen molar-refractivity contribution >= 4 is 17.0 Å². The number of rotatable bonds is 5. The summed E-state index contributed by atoms with van der Waals surface area (Å²) in [5.41, 5.74) is 2.83. The minimum Gasteiger partial charge on any atom is -0.461 e. The number of fused-ring (bicyclic) bond motifs is 1. The van der Waals surface area contributed by atoms with Gasteiger partial charge in [0.25, 0.3) is 0 Å². The predicted molar refractivity (Wildman–Crippen MR) is 89.1 cm³/mol. The molecule has 0 unspecified atom stereocenters. The van der Waals surface area contributed by atoms with Crippen LogP contribution in [0.2, 0.25) is 0 Å². The highest BCUT2D eigenvalue weighted by Gasteiger charge is 2.31. The van der Waals surface area contributed by atoms with Gasteiger partial charge in [0.2, 0.25) is 0 Å². The number of alkyl halides is 3. The van der Waals surface area contributed by atoms with Gasteiger partial charge in [-0.3, -0.25) is 0 Å². The Labute approximate surface area is 147 Å². The Balaban J connectivity index is 1.92. The molecular formula is C18H17F3N2O3. The normalized spacial score (nSPS) is 11.7. The number of carbonyl (C=O) groups excluding carboxylic acids is 1. The fourth-order valence-corrected chi connectivity index (χ4v) is 2.79. The van der Waals surface area contributed by atoms with Gasteiger partial charge in [0.1, 0.15) is 11.4 Å². The highest BCUT2D eigenvalue weighted by atomic mass is 19.4. The molecule has 0 fully saturated rings. The van der Waals surface area contributed by atoms with E-state index in [9.17, 15) is 18.0 Å². The molecule has 1 aromatic carbocycles. The molecule has 2 heterocycles. The number of hydrogen-bond donors (Lipinski definition) is 0. The van der Waals surface area contributed by atoms with Crippen LogP contribution in [0.25, 0.3) is 11.0 Å². The Kier molecular flexibility index (Phi) is 4.67. The zero-order valence-electron chi connectivity index (χ0n) is 14.2. The van der Waals surface area contributed by atoms with Crippen LogP contribution in [-0.2, 0) is 18.3 Å². The molecule has 0 bridgehead atoms. The summed E-state index contributed by atoms with van der Waals surface area (Å²) in [6.07, 6.45) is -2.86. The van der Waals surface area contributed by atoms with E-state index in [4.69, 9.17) is 4.74 Å². The van der Waals surface area contributed by atoms with Crippen LogP contribution >= 0.6 is 0 Å². The Morgan fingerprint density at radius 2 is 1.81 bits per heavy atom. The number of nitrogens with zero attached hydrogens (tertiary/aromatic N) is 2. The van der Waals surface area contributed by atoms with Gasteiger partial charge in [0.05, 0.1) is 17.6 Å². The highest BCUT2D eigenvalue weighted by molar-refractivity contribution is 5.95. The van der Waals surface area contributed by atoms with Crippen LogP contribution in [0.5, 0.6) is 5.75 Å². The minimum absolute atomic E-state index is 0.254. The molecule has 0 saturated heterocycles. The lowest BCUT2D eigenvalue weighted by molar-refractivity contribution is -0.274. The van der Waals surface area contributed by atoms with Crippen molar-refractivity contribution in [3.05, 3.63) is 53.9 Å². The third-order valence-corrected chi connectivity index (χ3v) is 3.94. The molecule has 0 spiro atoms. The number of carbonyl (C=O) groups is 1. The summed E-state index contributed by atoms with van der Waals surface area (Å²) in [6, 6.07) is 9.18. The fourth-order valence-electron chi connectivity index (χ4n) is 2.79. The number of esters is 1. The fraction of sp³-hybridized carbons (Fsp3) is 0.278. The van der Waals surface area contributed by atoms with E-state index in [0.717, 1.165) is 16.6 Å². The van der Waals surface area contributed by atoms with Gasteiger partial charge in [-0.1, -0.05) is 12.1 Å². The van der Waals surface area contributed by atoms with Crippen LogP contribution < -0.4 is 4.74 Å². The summed E-state index contributed by atoms with van der Waals surface area (Å²) in [5.74, 6) is -0.732. The van der Waals surface area contributed by atoms with E-state index in [1.165, 1.54) is 24.3 Å². The van der Waals surface area contributed by atoms with Crippen molar-refractivity contribution in [3.8, 4) is 5.75 Å². The lowest BCUT2D eigenvalue weighted by Gasteiger charge is -2.11. The molecular weight excluding hydrogens is 349 g/mol. The second-order valence-corrected chi connectivity index (χ2v) is 5.73. The maximum Gasteiger partial charge on any atom is 0.573 e. The number of benzene rings is 1. The van der Waals surface area contributed by atoms with Gasteiger partial charge < -0.3 is 18.6 Å². The number of halogens is 3. The van der Waals surface area contributed by atoms with Crippen molar-refractivity contribution in [2.75, 3.05) is 6.61 Å². The van der Waals surface area contributed by atoms with Crippen molar-refractivity contribution < 1.29 is 27.4 Å². The molecule has 0 aliphatic heterocycles. The average molecular weight is 366 g/mol. The summed E-state index contributed by atoms with van der Waals surface area (Å²) in [5, 5.41) is 0. The first kappa shape index (κ1) is 17.9. The first-order chi connectivity index (χ1) is 12.3. The van der Waals surface area contributed by atoms with E-state index >= 15 is 0 Å². The van der Waals surface area contributed by atoms with Gasteiger partial charge >= 0.3 is 12.3 Å². The van der Waals surface area contributed by atoms with Crippen LogP contribution in [0.15, 0.2) is 42.6 Å². The zero-order valence-corrected chi connectivity index (χ0v) is 14.2. The molecule has 8 heteroatoms. The van der Waals surface area contributed by atoms with E-state index in [-0.39, 0.29) is 12.4 Å². The maximum absolute atomic E-state index is 12.3. The molecule has 5 nitrogen and oxygen atoms in total. The second-order valence-electron chi connectivity index (χ2n) is 5.73. The maximum atomic E-state index is 12.3. The Hall–Kier alpha value is -2.90. The summed E-state index contributed by atoms with van der Waals surface area (Å²) in [4.78, 5) is 12.2. The summed E-state index contributed by atoms with van der Waals surface area (Å²) >= 11 is 0. The average Bonchev–Trinajstić information content (AvgIpc) is 3.09. The number of aromatic nitrogens is 2. The predicted octanol–water partition coefficient (Wildman–Crippen LogP) is 4.10. The van der Waals surface area contributed by atoms with Crippen LogP contribution in [-0.4, -0.2) is 28.1 Å². The van der Waals surface area contributed by atoms with E-state index in [1.54, 1.807) is 17.6 Å². The third kappa shape index (κ3) is 3.68. The van der Waals surface area contributed by atoms with Crippen LogP contribution in [0, 0.1) is 0 Å². The van der Waals surface area contributed by atoms with Crippen molar-refractivity contribution in [2.24, 2.45) is 7.05 Å². The number of aryl methyl sites for hydroxylation is 1. The Bertz CT molecular complexity index is 924.